The molecule has 0 bridgehead atoms. The van der Waals surface area contributed by atoms with Crippen LogP contribution in [0.1, 0.15) is 16.1 Å². The molecule has 19 heavy (non-hydrogen) atoms. The first kappa shape index (κ1) is 14.1. The molecule has 0 aliphatic heterocycles. The third-order valence-electron chi connectivity index (χ3n) is 2.61. The average Bonchev–Trinajstić information content (AvgIpc) is 2.78. The van der Waals surface area contributed by atoms with Gasteiger partial charge in [-0.2, -0.15) is 5.10 Å². The number of nitrogens with zero attached hydrogens (tertiary/aromatic N) is 2. The Labute approximate surface area is 124 Å². The van der Waals surface area contributed by atoms with Crippen molar-refractivity contribution in [3.8, 4) is 0 Å². The lowest BCUT2D eigenvalue weighted by atomic mass is 10.2. The van der Waals surface area contributed by atoms with Gasteiger partial charge in [-0.25, -0.2) is 0 Å². The highest BCUT2D eigenvalue weighted by Gasteiger charge is 2.10. The van der Waals surface area contributed by atoms with E-state index in [0.717, 1.165) is 10.2 Å². The minimum absolute atomic E-state index is 0.178. The first-order valence-electron chi connectivity index (χ1n) is 5.78. The molecule has 0 unspecified atom stereocenters. The van der Waals surface area contributed by atoms with Gasteiger partial charge in [-0.05, 0) is 24.3 Å². The van der Waals surface area contributed by atoms with E-state index < -0.39 is 0 Å². The van der Waals surface area contributed by atoms with Crippen LogP contribution in [-0.4, -0.2) is 22.2 Å². The highest BCUT2D eigenvalue weighted by Crippen LogP contribution is 2.20. The zero-order valence-electron chi connectivity index (χ0n) is 10.4. The summed E-state index contributed by atoms with van der Waals surface area (Å²) in [5, 5.41) is 7.52. The van der Waals surface area contributed by atoms with Crippen molar-refractivity contribution in [2.45, 2.75) is 6.42 Å². The molecule has 6 heteroatoms. The molecule has 1 amide bonds. The maximum absolute atomic E-state index is 12.0. The molecule has 1 heterocycles. The number of rotatable bonds is 4. The normalized spacial score (nSPS) is 10.5. The van der Waals surface area contributed by atoms with Crippen LogP contribution in [0, 0.1) is 0 Å². The number of aryl methyl sites for hydroxylation is 1. The summed E-state index contributed by atoms with van der Waals surface area (Å²) in [5.74, 6) is -0.178. The molecule has 0 aliphatic carbocycles. The quantitative estimate of drug-likeness (QED) is 0.929. The molecule has 0 aliphatic rings. The summed E-state index contributed by atoms with van der Waals surface area (Å²) in [6.45, 7) is 0.526. The Kier molecular flexibility index (Phi) is 4.61. The summed E-state index contributed by atoms with van der Waals surface area (Å²) < 4.78 is 2.56. The van der Waals surface area contributed by atoms with Gasteiger partial charge in [0.15, 0.2) is 0 Å². The van der Waals surface area contributed by atoms with E-state index >= 15 is 0 Å². The van der Waals surface area contributed by atoms with Crippen LogP contribution in [0.4, 0.5) is 0 Å². The topological polar surface area (TPSA) is 46.9 Å². The predicted octanol–water partition coefficient (Wildman–Crippen LogP) is 2.81. The van der Waals surface area contributed by atoms with Gasteiger partial charge in [0.25, 0.3) is 5.91 Å². The fraction of sp³-hybridized carbons (Fsp3) is 0.231. The van der Waals surface area contributed by atoms with E-state index in [1.165, 1.54) is 0 Å². The second kappa shape index (κ2) is 6.21. The number of hydrogen-bond acceptors (Lipinski definition) is 2. The van der Waals surface area contributed by atoms with Crippen molar-refractivity contribution in [2.75, 3.05) is 6.54 Å². The maximum atomic E-state index is 12.0. The number of amides is 1. The van der Waals surface area contributed by atoms with Gasteiger partial charge in [0, 0.05) is 30.7 Å². The lowest BCUT2D eigenvalue weighted by molar-refractivity contribution is 0.0954. The molecule has 100 valence electrons. The minimum atomic E-state index is -0.178. The molecule has 2 rings (SSSR count). The second-order valence-corrected chi connectivity index (χ2v) is 5.43. The Bertz CT molecular complexity index is 597. The fourth-order valence-electron chi connectivity index (χ4n) is 1.67. The van der Waals surface area contributed by atoms with Gasteiger partial charge in [-0.1, -0.05) is 27.5 Å². The van der Waals surface area contributed by atoms with E-state index in [2.05, 4.69) is 26.3 Å². The van der Waals surface area contributed by atoms with Gasteiger partial charge >= 0.3 is 0 Å². The maximum Gasteiger partial charge on any atom is 0.252 e. The van der Waals surface area contributed by atoms with E-state index in [-0.39, 0.29) is 5.91 Å². The van der Waals surface area contributed by atoms with Crippen LogP contribution < -0.4 is 5.32 Å². The van der Waals surface area contributed by atoms with Crippen molar-refractivity contribution >= 4 is 33.4 Å². The van der Waals surface area contributed by atoms with Crippen molar-refractivity contribution < 1.29 is 4.79 Å². The van der Waals surface area contributed by atoms with Gasteiger partial charge in [0.1, 0.15) is 0 Å². The smallest absolute Gasteiger partial charge is 0.252 e. The van der Waals surface area contributed by atoms with Crippen molar-refractivity contribution in [3.63, 3.8) is 0 Å². The molecule has 0 saturated carbocycles. The zero-order chi connectivity index (χ0) is 13.8. The van der Waals surface area contributed by atoms with Crippen LogP contribution in [0.5, 0.6) is 0 Å². The van der Waals surface area contributed by atoms with Crippen molar-refractivity contribution in [1.82, 2.24) is 15.1 Å². The monoisotopic (exact) mass is 341 g/mol. The lowest BCUT2D eigenvalue weighted by Gasteiger charge is -2.06. The Hall–Kier alpha value is -1.33. The Morgan fingerprint density at radius 1 is 1.47 bits per heavy atom. The number of aromatic nitrogens is 2. The number of hydrogen-bond donors (Lipinski definition) is 1. The number of halogens is 2. The van der Waals surface area contributed by atoms with E-state index in [4.69, 9.17) is 11.6 Å². The predicted molar refractivity (Wildman–Crippen MR) is 78.4 cm³/mol. The van der Waals surface area contributed by atoms with Crippen LogP contribution in [0.3, 0.4) is 0 Å². The number of benzene rings is 1. The highest BCUT2D eigenvalue weighted by atomic mass is 79.9. The van der Waals surface area contributed by atoms with Crippen molar-refractivity contribution in [2.24, 2.45) is 7.05 Å². The first-order chi connectivity index (χ1) is 9.06. The van der Waals surface area contributed by atoms with E-state index in [0.29, 0.717) is 23.6 Å². The van der Waals surface area contributed by atoms with Crippen LogP contribution in [0.15, 0.2) is 34.9 Å². The standard InChI is InChI=1S/C13H13BrClN3O/c1-18-7-5-10(17-18)4-6-16-13(19)11-8-9(14)2-3-12(11)15/h2-3,5,7-8H,4,6H2,1H3,(H,16,19). The highest BCUT2D eigenvalue weighted by molar-refractivity contribution is 9.10. The molecule has 0 saturated heterocycles. The van der Waals surface area contributed by atoms with Crippen LogP contribution >= 0.6 is 27.5 Å². The number of carbonyl (C=O) groups is 1. The molecule has 0 atom stereocenters. The lowest BCUT2D eigenvalue weighted by Crippen LogP contribution is -2.26. The Morgan fingerprint density at radius 2 is 2.26 bits per heavy atom. The zero-order valence-corrected chi connectivity index (χ0v) is 12.7. The Balaban J connectivity index is 1.92. The van der Waals surface area contributed by atoms with Gasteiger partial charge in [0.05, 0.1) is 16.3 Å². The van der Waals surface area contributed by atoms with Crippen LogP contribution in [0.2, 0.25) is 5.02 Å². The molecule has 0 radical (unpaired) electrons. The van der Waals surface area contributed by atoms with E-state index in [1.807, 2.05) is 19.3 Å². The van der Waals surface area contributed by atoms with Crippen LogP contribution in [0.25, 0.3) is 0 Å². The molecule has 0 spiro atoms. The summed E-state index contributed by atoms with van der Waals surface area (Å²) >= 11 is 9.31. The third-order valence-corrected chi connectivity index (χ3v) is 3.43. The molecule has 1 N–H and O–H groups in total. The van der Waals surface area contributed by atoms with E-state index in [9.17, 15) is 4.79 Å². The van der Waals surface area contributed by atoms with Crippen molar-refractivity contribution in [1.29, 1.82) is 0 Å². The average molecular weight is 343 g/mol. The molecular weight excluding hydrogens is 330 g/mol. The number of carbonyl (C=O) groups excluding carboxylic acids is 1. The third kappa shape index (κ3) is 3.81. The van der Waals surface area contributed by atoms with Crippen LogP contribution in [-0.2, 0) is 13.5 Å². The van der Waals surface area contributed by atoms with Gasteiger partial charge in [-0.3, -0.25) is 9.48 Å². The summed E-state index contributed by atoms with van der Waals surface area (Å²) in [6, 6.07) is 7.13. The summed E-state index contributed by atoms with van der Waals surface area (Å²) in [5.41, 5.74) is 1.42. The number of nitrogens with one attached hydrogen (secondary N) is 1. The van der Waals surface area contributed by atoms with Gasteiger partial charge < -0.3 is 5.32 Å². The van der Waals surface area contributed by atoms with Gasteiger partial charge in [-0.15, -0.1) is 0 Å². The largest absolute Gasteiger partial charge is 0.352 e. The SMILES string of the molecule is Cn1ccc(CCNC(=O)c2cc(Br)ccc2Cl)n1. The minimum Gasteiger partial charge on any atom is -0.352 e. The molecule has 1 aromatic carbocycles. The summed E-state index contributed by atoms with van der Waals surface area (Å²) in [6.07, 6.45) is 2.57. The summed E-state index contributed by atoms with van der Waals surface area (Å²) in [4.78, 5) is 12.0. The molecule has 0 fully saturated rings. The molecule has 1 aromatic heterocycles. The van der Waals surface area contributed by atoms with Gasteiger partial charge in [0.2, 0.25) is 0 Å². The second-order valence-electron chi connectivity index (χ2n) is 4.11. The fourth-order valence-corrected chi connectivity index (χ4v) is 2.23. The summed E-state index contributed by atoms with van der Waals surface area (Å²) in [7, 11) is 1.86. The molecular formula is C13H13BrClN3O. The molecule has 4 nitrogen and oxygen atoms in total. The van der Waals surface area contributed by atoms with E-state index in [1.54, 1.807) is 22.9 Å². The Morgan fingerprint density at radius 3 is 2.95 bits per heavy atom. The first-order valence-corrected chi connectivity index (χ1v) is 6.95. The van der Waals surface area contributed by atoms with Crippen molar-refractivity contribution in [3.05, 3.63) is 51.2 Å². The molecule has 2 aromatic rings.